The normalized spacial score (nSPS) is 22.0. The maximum Gasteiger partial charge on any atom is 0.230 e. The summed E-state index contributed by atoms with van der Waals surface area (Å²) in [5, 5.41) is 0. The molecule has 1 saturated carbocycles. The summed E-state index contributed by atoms with van der Waals surface area (Å²) in [6.07, 6.45) is 1.94. The number of halogens is 1. The quantitative estimate of drug-likeness (QED) is 0.922. The predicted molar refractivity (Wildman–Crippen MR) is 81.9 cm³/mol. The molecule has 1 aromatic heterocycles. The smallest absolute Gasteiger partial charge is 0.230 e. The van der Waals surface area contributed by atoms with Crippen LogP contribution >= 0.6 is 22.9 Å². The third-order valence-corrected chi connectivity index (χ3v) is 5.58. The van der Waals surface area contributed by atoms with Crippen LogP contribution in [0.15, 0.2) is 12.1 Å². The highest BCUT2D eigenvalue weighted by atomic mass is 35.5. The first kappa shape index (κ1) is 14.3. The lowest BCUT2D eigenvalue weighted by atomic mass is 10.1. The minimum atomic E-state index is -0.205. The Morgan fingerprint density at radius 1 is 1.30 bits per heavy atom. The third-order valence-electron chi connectivity index (χ3n) is 4.37. The van der Waals surface area contributed by atoms with Gasteiger partial charge in [0, 0.05) is 44.1 Å². The van der Waals surface area contributed by atoms with Crippen LogP contribution in [0.2, 0.25) is 4.34 Å². The van der Waals surface area contributed by atoms with Crippen molar-refractivity contribution in [1.29, 1.82) is 0 Å². The molecule has 1 saturated heterocycles. The van der Waals surface area contributed by atoms with Crippen LogP contribution in [0.5, 0.6) is 0 Å². The molecule has 2 aliphatic rings. The van der Waals surface area contributed by atoms with E-state index in [1.54, 1.807) is 11.3 Å². The van der Waals surface area contributed by atoms with E-state index in [2.05, 4.69) is 11.0 Å². The van der Waals surface area contributed by atoms with Crippen molar-refractivity contribution in [2.24, 2.45) is 11.1 Å². The first-order valence-corrected chi connectivity index (χ1v) is 8.28. The number of hydrogen-bond acceptors (Lipinski definition) is 4. The van der Waals surface area contributed by atoms with Gasteiger partial charge in [0.15, 0.2) is 0 Å². The van der Waals surface area contributed by atoms with Gasteiger partial charge in [0.2, 0.25) is 5.91 Å². The van der Waals surface area contributed by atoms with E-state index in [-0.39, 0.29) is 11.3 Å². The van der Waals surface area contributed by atoms with Crippen molar-refractivity contribution in [2.75, 3.05) is 32.7 Å². The molecule has 2 heterocycles. The van der Waals surface area contributed by atoms with Gasteiger partial charge in [-0.15, -0.1) is 11.3 Å². The molecule has 0 unspecified atom stereocenters. The first-order chi connectivity index (χ1) is 9.63. The third kappa shape index (κ3) is 2.86. The fraction of sp³-hybridized carbons (Fsp3) is 0.643. The molecule has 20 heavy (non-hydrogen) atoms. The maximum atomic E-state index is 12.4. The number of thiophene rings is 1. The second-order valence-corrected chi connectivity index (χ2v) is 7.56. The van der Waals surface area contributed by atoms with E-state index in [4.69, 9.17) is 17.3 Å². The zero-order valence-corrected chi connectivity index (χ0v) is 13.1. The molecule has 110 valence electrons. The molecule has 3 rings (SSSR count). The monoisotopic (exact) mass is 313 g/mol. The fourth-order valence-corrected chi connectivity index (χ4v) is 3.89. The van der Waals surface area contributed by atoms with Crippen LogP contribution in [0.25, 0.3) is 0 Å². The topological polar surface area (TPSA) is 49.6 Å². The van der Waals surface area contributed by atoms with Crippen molar-refractivity contribution in [3.05, 3.63) is 21.3 Å². The summed E-state index contributed by atoms with van der Waals surface area (Å²) >= 11 is 7.58. The van der Waals surface area contributed by atoms with Crippen molar-refractivity contribution in [2.45, 2.75) is 19.4 Å². The van der Waals surface area contributed by atoms with Crippen LogP contribution in [-0.4, -0.2) is 48.4 Å². The minimum absolute atomic E-state index is 0.205. The summed E-state index contributed by atoms with van der Waals surface area (Å²) < 4.78 is 0.840. The molecule has 2 fully saturated rings. The summed E-state index contributed by atoms with van der Waals surface area (Å²) in [5.41, 5.74) is 5.53. The number of carbonyl (C=O) groups excluding carboxylic acids is 1. The molecule has 1 aliphatic heterocycles. The predicted octanol–water partition coefficient (Wildman–Crippen LogP) is 1.78. The van der Waals surface area contributed by atoms with Crippen LogP contribution in [0.3, 0.4) is 0 Å². The van der Waals surface area contributed by atoms with Gasteiger partial charge in [0.25, 0.3) is 0 Å². The zero-order chi connectivity index (χ0) is 14.2. The summed E-state index contributed by atoms with van der Waals surface area (Å²) in [5.74, 6) is 0.277. The minimum Gasteiger partial charge on any atom is -0.340 e. The van der Waals surface area contributed by atoms with Gasteiger partial charge in [-0.1, -0.05) is 11.6 Å². The highest BCUT2D eigenvalue weighted by molar-refractivity contribution is 7.16. The van der Waals surface area contributed by atoms with Gasteiger partial charge >= 0.3 is 0 Å². The van der Waals surface area contributed by atoms with Crippen molar-refractivity contribution in [1.82, 2.24) is 9.80 Å². The van der Waals surface area contributed by atoms with Gasteiger partial charge in [-0.2, -0.15) is 0 Å². The zero-order valence-electron chi connectivity index (χ0n) is 11.5. The summed E-state index contributed by atoms with van der Waals surface area (Å²) in [6.45, 7) is 4.93. The molecule has 0 radical (unpaired) electrons. The van der Waals surface area contributed by atoms with Gasteiger partial charge in [0.05, 0.1) is 9.75 Å². The number of hydrogen-bond donors (Lipinski definition) is 1. The largest absolute Gasteiger partial charge is 0.340 e. The van der Waals surface area contributed by atoms with E-state index in [0.717, 1.165) is 49.9 Å². The molecule has 0 spiro atoms. The van der Waals surface area contributed by atoms with Crippen molar-refractivity contribution >= 4 is 28.8 Å². The van der Waals surface area contributed by atoms with Crippen LogP contribution in [0.1, 0.15) is 17.7 Å². The molecule has 1 aromatic rings. The Balaban J connectivity index is 1.51. The standard InChI is InChI=1S/C14H20ClN3OS/c15-12-2-1-11(20-12)9-17-5-7-18(8-6-17)13(19)14(10-16)3-4-14/h1-2H,3-10,16H2. The van der Waals surface area contributed by atoms with Crippen LogP contribution in [0.4, 0.5) is 0 Å². The second-order valence-electron chi connectivity index (χ2n) is 5.76. The molecular weight excluding hydrogens is 294 g/mol. The number of nitrogens with zero attached hydrogens (tertiary/aromatic N) is 2. The molecule has 0 bridgehead atoms. The van der Waals surface area contributed by atoms with E-state index in [1.165, 1.54) is 4.88 Å². The summed E-state index contributed by atoms with van der Waals surface area (Å²) in [6, 6.07) is 4.03. The number of piperazine rings is 1. The number of carbonyl (C=O) groups is 1. The van der Waals surface area contributed by atoms with Gasteiger partial charge in [0.1, 0.15) is 0 Å². The van der Waals surface area contributed by atoms with Crippen LogP contribution < -0.4 is 5.73 Å². The summed E-state index contributed by atoms with van der Waals surface area (Å²) in [7, 11) is 0. The Hall–Kier alpha value is -0.620. The lowest BCUT2D eigenvalue weighted by molar-refractivity contribution is -0.138. The molecule has 4 nitrogen and oxygen atoms in total. The van der Waals surface area contributed by atoms with Crippen molar-refractivity contribution < 1.29 is 4.79 Å². The van der Waals surface area contributed by atoms with Gasteiger partial charge in [-0.3, -0.25) is 9.69 Å². The molecule has 0 atom stereocenters. The number of amides is 1. The molecular formula is C14H20ClN3OS. The van der Waals surface area contributed by atoms with Crippen molar-refractivity contribution in [3.63, 3.8) is 0 Å². The molecule has 6 heteroatoms. The Kier molecular flexibility index (Phi) is 4.04. The average Bonchev–Trinajstić information content (AvgIpc) is 3.17. The summed E-state index contributed by atoms with van der Waals surface area (Å²) in [4.78, 5) is 18.1. The van der Waals surface area contributed by atoms with E-state index < -0.39 is 0 Å². The van der Waals surface area contributed by atoms with Gasteiger partial charge in [-0.25, -0.2) is 0 Å². The average molecular weight is 314 g/mol. The fourth-order valence-electron chi connectivity index (χ4n) is 2.76. The van der Waals surface area contributed by atoms with E-state index in [9.17, 15) is 4.79 Å². The Bertz CT molecular complexity index is 492. The Morgan fingerprint density at radius 2 is 2.00 bits per heavy atom. The molecule has 1 aliphatic carbocycles. The maximum absolute atomic E-state index is 12.4. The number of nitrogens with two attached hydrogens (primary N) is 1. The lowest BCUT2D eigenvalue weighted by Gasteiger charge is -2.36. The molecule has 0 aromatic carbocycles. The first-order valence-electron chi connectivity index (χ1n) is 7.09. The lowest BCUT2D eigenvalue weighted by Crippen LogP contribution is -2.51. The van der Waals surface area contributed by atoms with Crippen LogP contribution in [-0.2, 0) is 11.3 Å². The Morgan fingerprint density at radius 3 is 2.50 bits per heavy atom. The highest BCUT2D eigenvalue weighted by Crippen LogP contribution is 2.46. The Labute approximate surface area is 128 Å². The number of rotatable bonds is 4. The SMILES string of the molecule is NCC1(C(=O)N2CCN(Cc3ccc(Cl)s3)CC2)CC1. The molecule has 2 N–H and O–H groups in total. The van der Waals surface area contributed by atoms with Crippen molar-refractivity contribution in [3.8, 4) is 0 Å². The van der Waals surface area contributed by atoms with Crippen LogP contribution in [0, 0.1) is 5.41 Å². The molecule has 1 amide bonds. The van der Waals surface area contributed by atoms with E-state index in [0.29, 0.717) is 6.54 Å². The van der Waals surface area contributed by atoms with E-state index in [1.807, 2.05) is 11.0 Å². The van der Waals surface area contributed by atoms with Gasteiger partial charge < -0.3 is 10.6 Å². The second kappa shape index (κ2) is 5.64. The highest BCUT2D eigenvalue weighted by Gasteiger charge is 2.50. The van der Waals surface area contributed by atoms with Gasteiger partial charge in [-0.05, 0) is 25.0 Å². The van der Waals surface area contributed by atoms with E-state index >= 15 is 0 Å².